The molecule has 0 aliphatic rings. The normalized spacial score (nSPS) is 13.7. The van der Waals surface area contributed by atoms with Gasteiger partial charge in [0.1, 0.15) is 17.3 Å². The van der Waals surface area contributed by atoms with Crippen molar-refractivity contribution < 1.29 is 34.4 Å². The number of benzene rings is 1. The molecule has 0 aromatic heterocycles. The van der Waals surface area contributed by atoms with Crippen molar-refractivity contribution in [2.24, 2.45) is 0 Å². The summed E-state index contributed by atoms with van der Waals surface area (Å²) in [5.41, 5.74) is 0. The van der Waals surface area contributed by atoms with Gasteiger partial charge in [0.15, 0.2) is 0 Å². The monoisotopic (exact) mass is 369 g/mol. The molecule has 12 heteroatoms. The van der Waals surface area contributed by atoms with Crippen LogP contribution in [0.3, 0.4) is 0 Å². The van der Waals surface area contributed by atoms with Crippen molar-refractivity contribution in [1.29, 1.82) is 0 Å². The highest BCUT2D eigenvalue weighted by molar-refractivity contribution is 8.13. The maximum absolute atomic E-state index is 13.7. The molecule has 1 aromatic rings. The van der Waals surface area contributed by atoms with E-state index in [2.05, 4.69) is 0 Å². The van der Waals surface area contributed by atoms with E-state index in [1.54, 1.807) is 0 Å². The van der Waals surface area contributed by atoms with Gasteiger partial charge in [-0.05, 0) is 18.2 Å². The molecule has 0 saturated heterocycles. The predicted molar refractivity (Wildman–Crippen MR) is 65.3 cm³/mol. The van der Waals surface area contributed by atoms with Crippen LogP contribution in [0, 0.1) is 5.82 Å². The lowest BCUT2D eigenvalue weighted by atomic mass is 10.3. The Kier molecular flexibility index (Phi) is 4.93. The van der Waals surface area contributed by atoms with Gasteiger partial charge in [0.05, 0.1) is 4.90 Å². The first-order chi connectivity index (χ1) is 9.25. The second-order valence-corrected chi connectivity index (χ2v) is 8.49. The Labute approximate surface area is 122 Å². The van der Waals surface area contributed by atoms with Gasteiger partial charge in [0, 0.05) is 17.7 Å². The van der Waals surface area contributed by atoms with Crippen molar-refractivity contribution in [3.05, 3.63) is 24.0 Å². The smallest absolute Gasteiger partial charge is 0.207 e. The fourth-order valence-electron chi connectivity index (χ4n) is 1.35. The first kappa shape index (κ1) is 18.1. The third kappa shape index (κ3) is 4.53. The molecule has 21 heavy (non-hydrogen) atoms. The zero-order valence-electron chi connectivity index (χ0n) is 10.2. The molecule has 0 aliphatic carbocycles. The number of nitrogens with zero attached hydrogens (tertiary/aromatic N) is 1. The lowest BCUT2D eigenvalue weighted by molar-refractivity contribution is -0.134. The van der Waals surface area contributed by atoms with Crippen LogP contribution in [0.25, 0.3) is 0 Å². The van der Waals surface area contributed by atoms with Gasteiger partial charge in [-0.2, -0.15) is 17.5 Å². The summed E-state index contributed by atoms with van der Waals surface area (Å²) >= 11 is 0. The Balaban J connectivity index is 3.28. The second-order valence-electron chi connectivity index (χ2n) is 3.91. The summed E-state index contributed by atoms with van der Waals surface area (Å²) in [6, 6.07) is 1.53. The SMILES string of the molecule is CN(CC(F)(F)F)S(=O)(=O)c1ccc(S(=O)(=O)Cl)cc1F. The summed E-state index contributed by atoms with van der Waals surface area (Å²) in [7, 11) is -3.49. The van der Waals surface area contributed by atoms with E-state index in [0.717, 1.165) is 0 Å². The quantitative estimate of drug-likeness (QED) is 0.600. The highest BCUT2D eigenvalue weighted by Gasteiger charge is 2.36. The van der Waals surface area contributed by atoms with Crippen molar-refractivity contribution >= 4 is 29.8 Å². The van der Waals surface area contributed by atoms with Crippen LogP contribution in [0.2, 0.25) is 0 Å². The Bertz CT molecular complexity index is 746. The molecule has 120 valence electrons. The number of hydrogen-bond acceptors (Lipinski definition) is 4. The molecular weight excluding hydrogens is 362 g/mol. The third-order valence-corrected chi connectivity index (χ3v) is 5.46. The molecule has 5 nitrogen and oxygen atoms in total. The van der Waals surface area contributed by atoms with Gasteiger partial charge in [0.25, 0.3) is 9.05 Å². The van der Waals surface area contributed by atoms with Crippen LogP contribution in [0.1, 0.15) is 0 Å². The minimum atomic E-state index is -4.81. The Morgan fingerprint density at radius 2 is 1.71 bits per heavy atom. The fraction of sp³-hybridized carbons (Fsp3) is 0.333. The molecular formula is C9H8ClF4NO4S2. The van der Waals surface area contributed by atoms with E-state index < -0.39 is 47.4 Å². The van der Waals surface area contributed by atoms with Gasteiger partial charge in [0.2, 0.25) is 10.0 Å². The number of hydrogen-bond donors (Lipinski definition) is 0. The first-order valence-corrected chi connectivity index (χ1v) is 8.77. The summed E-state index contributed by atoms with van der Waals surface area (Å²) in [5.74, 6) is -1.52. The maximum Gasteiger partial charge on any atom is 0.402 e. The fourth-order valence-corrected chi connectivity index (χ4v) is 3.31. The molecule has 0 bridgehead atoms. The minimum Gasteiger partial charge on any atom is -0.207 e. The molecule has 1 aromatic carbocycles. The second kappa shape index (κ2) is 5.71. The highest BCUT2D eigenvalue weighted by Crippen LogP contribution is 2.25. The zero-order chi connectivity index (χ0) is 16.6. The summed E-state index contributed by atoms with van der Waals surface area (Å²) in [5, 5.41) is 0. The van der Waals surface area contributed by atoms with Crippen molar-refractivity contribution in [2.45, 2.75) is 16.0 Å². The summed E-state index contributed by atoms with van der Waals surface area (Å²) < 4.78 is 95.6. The van der Waals surface area contributed by atoms with Crippen molar-refractivity contribution in [3.63, 3.8) is 0 Å². The van der Waals surface area contributed by atoms with Crippen LogP contribution in [0.15, 0.2) is 28.0 Å². The minimum absolute atomic E-state index is 0.0969. The van der Waals surface area contributed by atoms with E-state index in [1.165, 1.54) is 0 Å². The van der Waals surface area contributed by atoms with E-state index in [9.17, 15) is 34.4 Å². The maximum atomic E-state index is 13.7. The van der Waals surface area contributed by atoms with E-state index in [1.807, 2.05) is 0 Å². The summed E-state index contributed by atoms with van der Waals surface area (Å²) in [6.45, 7) is -1.82. The molecule has 1 rings (SSSR count). The number of rotatable bonds is 4. The molecule has 0 atom stereocenters. The van der Waals surface area contributed by atoms with E-state index in [4.69, 9.17) is 10.7 Å². The molecule has 0 saturated carbocycles. The van der Waals surface area contributed by atoms with Crippen molar-refractivity contribution in [3.8, 4) is 0 Å². The zero-order valence-corrected chi connectivity index (χ0v) is 12.6. The predicted octanol–water partition coefficient (Wildman–Crippen LogP) is 1.94. The van der Waals surface area contributed by atoms with Crippen LogP contribution in [-0.4, -0.2) is 40.9 Å². The Morgan fingerprint density at radius 1 is 1.19 bits per heavy atom. The summed E-state index contributed by atoms with van der Waals surface area (Å²) in [4.78, 5) is -1.79. The lowest BCUT2D eigenvalue weighted by Crippen LogP contribution is -2.36. The van der Waals surface area contributed by atoms with Crippen LogP contribution < -0.4 is 0 Å². The first-order valence-electron chi connectivity index (χ1n) is 5.02. The molecule has 0 aliphatic heterocycles. The van der Waals surface area contributed by atoms with Crippen LogP contribution >= 0.6 is 10.7 Å². The topological polar surface area (TPSA) is 71.5 Å². The molecule has 0 fully saturated rings. The molecule has 0 unspecified atom stereocenters. The van der Waals surface area contributed by atoms with Gasteiger partial charge in [-0.25, -0.2) is 21.2 Å². The van der Waals surface area contributed by atoms with Gasteiger partial charge < -0.3 is 0 Å². The third-order valence-electron chi connectivity index (χ3n) is 2.28. The lowest BCUT2D eigenvalue weighted by Gasteiger charge is -2.19. The van der Waals surface area contributed by atoms with Gasteiger partial charge in [-0.15, -0.1) is 0 Å². The highest BCUT2D eigenvalue weighted by atomic mass is 35.7. The Hall–Kier alpha value is -0.910. The van der Waals surface area contributed by atoms with E-state index in [0.29, 0.717) is 25.2 Å². The Morgan fingerprint density at radius 3 is 2.10 bits per heavy atom. The summed E-state index contributed by atoms with van der Waals surface area (Å²) in [6.07, 6.45) is -4.81. The van der Waals surface area contributed by atoms with Crippen LogP contribution in [0.4, 0.5) is 17.6 Å². The number of halogens is 5. The van der Waals surface area contributed by atoms with Gasteiger partial charge >= 0.3 is 6.18 Å². The van der Waals surface area contributed by atoms with Gasteiger partial charge in [-0.3, -0.25) is 0 Å². The molecule has 0 radical (unpaired) electrons. The molecule has 0 heterocycles. The van der Waals surface area contributed by atoms with Gasteiger partial charge in [-0.1, -0.05) is 0 Å². The van der Waals surface area contributed by atoms with Crippen molar-refractivity contribution in [2.75, 3.05) is 13.6 Å². The number of sulfonamides is 1. The van der Waals surface area contributed by atoms with Crippen molar-refractivity contribution in [1.82, 2.24) is 4.31 Å². The standard InChI is InChI=1S/C9H8ClF4NO4S2/c1-15(5-9(12,13)14)21(18,19)8-3-2-6(4-7(8)11)20(10,16)17/h2-4H,5H2,1H3. The van der Waals surface area contributed by atoms with Crippen LogP contribution in [-0.2, 0) is 19.1 Å². The van der Waals surface area contributed by atoms with Crippen LogP contribution in [0.5, 0.6) is 0 Å². The van der Waals surface area contributed by atoms with E-state index >= 15 is 0 Å². The largest absolute Gasteiger partial charge is 0.402 e. The molecule has 0 amide bonds. The average molecular weight is 370 g/mol. The molecule has 0 N–H and O–H groups in total. The van der Waals surface area contributed by atoms with E-state index in [-0.39, 0.29) is 4.31 Å². The molecule has 0 spiro atoms. The number of alkyl halides is 3. The average Bonchev–Trinajstić information content (AvgIpc) is 2.24.